The molecule has 1 fully saturated rings. The maximum atomic E-state index is 13.3. The third-order valence-electron chi connectivity index (χ3n) is 17.5. The van der Waals surface area contributed by atoms with E-state index in [9.17, 15) is 39.6 Å². The summed E-state index contributed by atoms with van der Waals surface area (Å²) in [6, 6.07) is 39.0. The standard InChI is InChI=1S/C24H26FN3O3S.C23H31FN4O2S.C23H24FN3O/c1-32(30,31)28-23-19(15-17-11-13-20(25)14-12-17)9-5-6-10-21(23)22(27-28)24(29)26-16-18-7-3-2-4-8-18;1-27-23-19(17-18-9-11-20(24)12-10-18)7-3-4-8-21(23)22(25-27)13-16-31(29,30)26-28-14-5-2-6-15-28;24-19-12-10-16(11-13-19)14-18-8-4-5-9-20-21(18)26-27-22(20)23(28)25-15-17-6-2-1-3-7-17/h2-4,7-8,11-14,19H,5-6,9-10,15-16H2,1H3,(H,26,29);9-13,16,19,26H,2-8,14-15,17H2,1H3;1-3,6-7,10-13,18H,4-5,8-9,14-15H2,(H,25,28)(H,26,27)/b;16-13+;. The highest BCUT2D eigenvalue weighted by Gasteiger charge is 2.34. The zero-order chi connectivity index (χ0) is 63.9. The van der Waals surface area contributed by atoms with Gasteiger partial charge in [0, 0.05) is 84.5 Å². The molecule has 1 aliphatic heterocycles. The van der Waals surface area contributed by atoms with Gasteiger partial charge in [-0.15, -0.1) is 4.83 Å². The number of piperidine rings is 1. The molecule has 0 spiro atoms. The molecule has 4 heterocycles. The van der Waals surface area contributed by atoms with Gasteiger partial charge in [-0.2, -0.15) is 19.4 Å². The Morgan fingerprint density at radius 3 is 1.52 bits per heavy atom. The highest BCUT2D eigenvalue weighted by molar-refractivity contribution is 7.92. The minimum Gasteiger partial charge on any atom is -0.347 e. The van der Waals surface area contributed by atoms with Gasteiger partial charge in [-0.05, 0) is 160 Å². The number of rotatable bonds is 17. The number of carbonyl (C=O) groups is 2. The zero-order valence-corrected chi connectivity index (χ0v) is 53.4. The maximum Gasteiger partial charge on any atom is 0.272 e. The minimum absolute atomic E-state index is 0.129. The van der Waals surface area contributed by atoms with Crippen molar-refractivity contribution in [2.45, 2.75) is 146 Å². The van der Waals surface area contributed by atoms with Crippen molar-refractivity contribution in [3.05, 3.63) is 235 Å². The first-order valence-electron chi connectivity index (χ1n) is 31.7. The van der Waals surface area contributed by atoms with Gasteiger partial charge in [0.2, 0.25) is 10.0 Å². The highest BCUT2D eigenvalue weighted by atomic mass is 32.2. The van der Waals surface area contributed by atoms with Crippen LogP contribution in [0.3, 0.4) is 0 Å². The lowest BCUT2D eigenvalue weighted by Gasteiger charge is -2.25. The Labute approximate surface area is 532 Å². The van der Waals surface area contributed by atoms with Gasteiger partial charge in [0.15, 0.2) is 11.4 Å². The number of nitrogens with zero attached hydrogens (tertiary/aromatic N) is 6. The van der Waals surface area contributed by atoms with Gasteiger partial charge >= 0.3 is 0 Å². The summed E-state index contributed by atoms with van der Waals surface area (Å²) in [7, 11) is -5.34. The van der Waals surface area contributed by atoms with Crippen LogP contribution in [-0.4, -0.2) is 82.2 Å². The van der Waals surface area contributed by atoms with Crippen LogP contribution in [0, 0.1) is 17.5 Å². The van der Waals surface area contributed by atoms with E-state index in [4.69, 9.17) is 0 Å². The van der Waals surface area contributed by atoms with Crippen molar-refractivity contribution in [3.63, 3.8) is 0 Å². The summed E-state index contributed by atoms with van der Waals surface area (Å²) in [5.74, 6) is -0.845. The summed E-state index contributed by atoms with van der Waals surface area (Å²) < 4.78 is 93.0. The number of fused-ring (bicyclic) bond motifs is 3. The lowest BCUT2D eigenvalue weighted by Crippen LogP contribution is -2.44. The van der Waals surface area contributed by atoms with E-state index >= 15 is 0 Å². The van der Waals surface area contributed by atoms with Gasteiger partial charge in [-0.1, -0.05) is 123 Å². The first-order valence-corrected chi connectivity index (χ1v) is 35.1. The number of hydrogen-bond acceptors (Lipinski definition) is 10. The average molecular weight is 1280 g/mol. The topological polar surface area (TPSA) is 206 Å². The molecule has 480 valence electrons. The van der Waals surface area contributed by atoms with Crippen LogP contribution in [0.25, 0.3) is 6.08 Å². The minimum atomic E-state index is -3.71. The molecule has 5 aromatic carbocycles. The molecule has 21 heteroatoms. The first-order chi connectivity index (χ1) is 43.9. The molecular formula is C70H81F3N10O6S2. The van der Waals surface area contributed by atoms with Crippen LogP contribution < -0.4 is 15.5 Å². The molecule has 4 aliphatic rings. The smallest absolute Gasteiger partial charge is 0.272 e. The van der Waals surface area contributed by atoms with Crippen LogP contribution >= 0.6 is 0 Å². The molecule has 0 saturated carbocycles. The summed E-state index contributed by atoms with van der Waals surface area (Å²) in [5.41, 5.74) is 12.2. The number of hydrazine groups is 1. The van der Waals surface area contributed by atoms with Crippen LogP contribution in [0.4, 0.5) is 13.2 Å². The van der Waals surface area contributed by atoms with Crippen molar-refractivity contribution >= 4 is 37.9 Å². The summed E-state index contributed by atoms with van der Waals surface area (Å²) >= 11 is 0. The molecule has 3 atom stereocenters. The molecule has 3 aliphatic carbocycles. The van der Waals surface area contributed by atoms with E-state index in [0.29, 0.717) is 42.9 Å². The van der Waals surface area contributed by atoms with Crippen molar-refractivity contribution in [2.75, 3.05) is 19.3 Å². The highest BCUT2D eigenvalue weighted by Crippen LogP contribution is 2.38. The third kappa shape index (κ3) is 18.0. The molecule has 4 N–H and O–H groups in total. The second-order valence-corrected chi connectivity index (χ2v) is 27.7. The summed E-state index contributed by atoms with van der Waals surface area (Å²) in [6.45, 7) is 2.31. The Hall–Kier alpha value is -7.98. The number of carbonyl (C=O) groups excluding carboxylic acids is 2. The molecule has 12 rings (SSSR count). The number of amides is 2. The second-order valence-electron chi connectivity index (χ2n) is 24.3. The molecule has 1 saturated heterocycles. The number of benzene rings is 5. The number of nitrogens with one attached hydrogen (secondary N) is 4. The fourth-order valence-corrected chi connectivity index (χ4v) is 14.8. The van der Waals surface area contributed by atoms with E-state index in [1.54, 1.807) is 23.2 Å². The van der Waals surface area contributed by atoms with Crippen molar-refractivity contribution in [1.82, 2.24) is 49.6 Å². The number of aryl methyl sites for hydroxylation is 1. The average Bonchev–Trinajstić information content (AvgIpc) is 1.97. The van der Waals surface area contributed by atoms with Crippen molar-refractivity contribution < 1.29 is 39.6 Å². The van der Waals surface area contributed by atoms with Crippen LogP contribution in [0.2, 0.25) is 0 Å². The van der Waals surface area contributed by atoms with Gasteiger partial charge in [-0.25, -0.2) is 35.0 Å². The SMILES string of the molecule is CS(=O)(=O)n1nc(C(=O)NCc2ccccc2)c2c1C(Cc1ccc(F)cc1)CCCC2.Cn1nc(/C=C/S(=O)(=O)NN2CCCCC2)c2c1C(Cc1ccc(F)cc1)CCCC2.O=C(NCc1ccccc1)c1n[nH]c2c1CCCCC2Cc1ccc(F)cc1. The van der Waals surface area contributed by atoms with Gasteiger partial charge in [0.05, 0.1) is 17.6 Å². The van der Waals surface area contributed by atoms with Gasteiger partial charge in [0.1, 0.15) is 17.5 Å². The van der Waals surface area contributed by atoms with Gasteiger partial charge in [0.25, 0.3) is 21.8 Å². The number of aromatic amines is 1. The van der Waals surface area contributed by atoms with E-state index in [2.05, 4.69) is 35.9 Å². The number of sulfonamides is 1. The van der Waals surface area contributed by atoms with Crippen LogP contribution in [-0.2, 0) is 78.7 Å². The monoisotopic (exact) mass is 1280 g/mol. The van der Waals surface area contributed by atoms with Crippen LogP contribution in [0.5, 0.6) is 0 Å². The number of hydrogen-bond donors (Lipinski definition) is 4. The second kappa shape index (κ2) is 30.9. The van der Waals surface area contributed by atoms with E-state index in [-0.39, 0.29) is 52.7 Å². The number of H-pyrrole nitrogens is 1. The lowest BCUT2D eigenvalue weighted by atomic mass is 9.91. The predicted molar refractivity (Wildman–Crippen MR) is 347 cm³/mol. The van der Waals surface area contributed by atoms with E-state index in [1.807, 2.05) is 96.7 Å². The molecule has 0 bridgehead atoms. The quantitative estimate of drug-likeness (QED) is 0.0635. The fraction of sp³-hybridized carbons (Fsp3) is 0.386. The van der Waals surface area contributed by atoms with Gasteiger partial charge in [-0.3, -0.25) is 19.4 Å². The summed E-state index contributed by atoms with van der Waals surface area (Å²) in [5, 5.41) is 25.3. The lowest BCUT2D eigenvalue weighted by molar-refractivity contribution is 0.0936. The van der Waals surface area contributed by atoms with Crippen molar-refractivity contribution in [3.8, 4) is 0 Å². The molecular weight excluding hydrogens is 1200 g/mol. The molecule has 8 aromatic rings. The Kier molecular flexibility index (Phi) is 22.4. The van der Waals surface area contributed by atoms with Crippen molar-refractivity contribution in [2.24, 2.45) is 7.05 Å². The summed E-state index contributed by atoms with van der Waals surface area (Å²) in [4.78, 5) is 28.4. The fourth-order valence-electron chi connectivity index (χ4n) is 13.1. The van der Waals surface area contributed by atoms with E-state index in [0.717, 1.165) is 176 Å². The van der Waals surface area contributed by atoms with Crippen molar-refractivity contribution in [1.29, 1.82) is 0 Å². The van der Waals surface area contributed by atoms with E-state index in [1.165, 1.54) is 47.5 Å². The third-order valence-corrected chi connectivity index (χ3v) is 19.4. The molecule has 3 unspecified atom stereocenters. The first kappa shape index (κ1) is 66.0. The van der Waals surface area contributed by atoms with Crippen LogP contribution in [0.1, 0.15) is 183 Å². The Balaban J connectivity index is 0.000000150. The molecule has 2 amide bonds. The molecule has 91 heavy (non-hydrogen) atoms. The van der Waals surface area contributed by atoms with E-state index < -0.39 is 20.0 Å². The Morgan fingerprint density at radius 2 is 1.00 bits per heavy atom. The zero-order valence-electron chi connectivity index (χ0n) is 51.7. The number of halogens is 3. The van der Waals surface area contributed by atoms with Crippen LogP contribution in [0.15, 0.2) is 139 Å². The Bertz CT molecular complexity index is 3980. The maximum absolute atomic E-state index is 13.3. The normalized spacial score (nSPS) is 17.7. The summed E-state index contributed by atoms with van der Waals surface area (Å²) in [6.07, 6.45) is 19.4. The molecule has 3 aromatic heterocycles. The molecule has 16 nitrogen and oxygen atoms in total. The Morgan fingerprint density at radius 1 is 0.538 bits per heavy atom. The predicted octanol–water partition coefficient (Wildman–Crippen LogP) is 12.2. The largest absolute Gasteiger partial charge is 0.347 e. The van der Waals surface area contributed by atoms with Gasteiger partial charge < -0.3 is 10.6 Å². The molecule has 0 radical (unpaired) electrons. The number of aromatic nitrogens is 6.